The summed E-state index contributed by atoms with van der Waals surface area (Å²) in [6.07, 6.45) is 0. The van der Waals surface area contributed by atoms with Crippen LogP contribution in [-0.2, 0) is 6.61 Å². The quantitative estimate of drug-likeness (QED) is 0.911. The summed E-state index contributed by atoms with van der Waals surface area (Å²) < 4.78 is 10.8. The first-order valence-electron chi connectivity index (χ1n) is 8.08. The first kappa shape index (κ1) is 16.3. The molecule has 7 nitrogen and oxygen atoms in total. The van der Waals surface area contributed by atoms with E-state index in [2.05, 4.69) is 15.5 Å². The Morgan fingerprint density at radius 3 is 2.75 bits per heavy atom. The van der Waals surface area contributed by atoms with Crippen molar-refractivity contribution in [3.63, 3.8) is 0 Å². The third-order valence-corrected chi connectivity index (χ3v) is 3.81. The van der Waals surface area contributed by atoms with E-state index in [9.17, 15) is 4.79 Å². The maximum atomic E-state index is 11.8. The van der Waals surface area contributed by atoms with Gasteiger partial charge in [-0.2, -0.15) is 4.98 Å². The van der Waals surface area contributed by atoms with E-state index in [1.54, 1.807) is 4.90 Å². The molecular weight excluding hydrogens is 308 g/mol. The van der Waals surface area contributed by atoms with Crippen LogP contribution in [0.2, 0.25) is 0 Å². The van der Waals surface area contributed by atoms with E-state index in [1.807, 2.05) is 45.0 Å². The Bertz CT molecular complexity index is 690. The van der Waals surface area contributed by atoms with Gasteiger partial charge in [0.05, 0.1) is 5.92 Å². The number of benzene rings is 1. The van der Waals surface area contributed by atoms with Gasteiger partial charge in [0.2, 0.25) is 0 Å². The monoisotopic (exact) mass is 330 g/mol. The van der Waals surface area contributed by atoms with Gasteiger partial charge >= 0.3 is 6.03 Å². The number of hydrogen-bond acceptors (Lipinski definition) is 5. The van der Waals surface area contributed by atoms with Crippen LogP contribution in [0.25, 0.3) is 0 Å². The Balaban J connectivity index is 1.48. The van der Waals surface area contributed by atoms with Gasteiger partial charge in [-0.05, 0) is 32.9 Å². The zero-order valence-electron chi connectivity index (χ0n) is 14.2. The number of carbonyl (C=O) groups excluding carboxylic acids is 1. The van der Waals surface area contributed by atoms with Gasteiger partial charge in [-0.25, -0.2) is 4.79 Å². The second-order valence-electron chi connectivity index (χ2n) is 6.35. The molecule has 128 valence electrons. The molecule has 1 aromatic heterocycles. The lowest BCUT2D eigenvalue weighted by molar-refractivity contribution is 0.145. The summed E-state index contributed by atoms with van der Waals surface area (Å²) in [5.74, 6) is 1.96. The second-order valence-corrected chi connectivity index (χ2v) is 6.35. The molecule has 2 amide bonds. The summed E-state index contributed by atoms with van der Waals surface area (Å²) >= 11 is 0. The van der Waals surface area contributed by atoms with Crippen molar-refractivity contribution < 1.29 is 14.1 Å². The van der Waals surface area contributed by atoms with Crippen LogP contribution in [0.4, 0.5) is 4.79 Å². The van der Waals surface area contributed by atoms with Gasteiger partial charge in [0.15, 0.2) is 12.4 Å². The van der Waals surface area contributed by atoms with E-state index >= 15 is 0 Å². The molecule has 1 N–H and O–H groups in total. The molecule has 1 aromatic carbocycles. The van der Waals surface area contributed by atoms with Gasteiger partial charge < -0.3 is 19.5 Å². The van der Waals surface area contributed by atoms with E-state index in [0.29, 0.717) is 24.8 Å². The Morgan fingerprint density at radius 2 is 2.08 bits per heavy atom. The standard InChI is InChI=1S/C17H22N4O3/c1-11(2)18-17(22)21-8-13(9-21)16-19-15(24-20-16)10-23-14-6-4-12(3)5-7-14/h4-7,11,13H,8-10H2,1-3H3,(H,18,22). The highest BCUT2D eigenvalue weighted by Gasteiger charge is 2.35. The molecule has 1 saturated heterocycles. The van der Waals surface area contributed by atoms with Crippen LogP contribution in [0.15, 0.2) is 28.8 Å². The third kappa shape index (κ3) is 3.84. The highest BCUT2D eigenvalue weighted by molar-refractivity contribution is 5.75. The van der Waals surface area contributed by atoms with Crippen LogP contribution < -0.4 is 10.1 Å². The molecule has 0 saturated carbocycles. The number of likely N-dealkylation sites (tertiary alicyclic amines) is 1. The van der Waals surface area contributed by atoms with E-state index < -0.39 is 0 Å². The lowest BCUT2D eigenvalue weighted by Crippen LogP contribution is -2.54. The number of rotatable bonds is 5. The van der Waals surface area contributed by atoms with Crippen molar-refractivity contribution in [3.05, 3.63) is 41.5 Å². The van der Waals surface area contributed by atoms with Crippen molar-refractivity contribution in [1.29, 1.82) is 0 Å². The zero-order valence-corrected chi connectivity index (χ0v) is 14.2. The molecule has 0 bridgehead atoms. The fourth-order valence-corrected chi connectivity index (χ4v) is 2.42. The Morgan fingerprint density at radius 1 is 1.38 bits per heavy atom. The van der Waals surface area contributed by atoms with E-state index in [4.69, 9.17) is 9.26 Å². The molecule has 1 fully saturated rings. The molecule has 0 aliphatic carbocycles. The van der Waals surface area contributed by atoms with Crippen molar-refractivity contribution in [3.8, 4) is 5.75 Å². The summed E-state index contributed by atoms with van der Waals surface area (Å²) in [5, 5.41) is 6.86. The van der Waals surface area contributed by atoms with Crippen molar-refractivity contribution in [2.75, 3.05) is 13.1 Å². The fourth-order valence-electron chi connectivity index (χ4n) is 2.42. The van der Waals surface area contributed by atoms with Gasteiger partial charge in [-0.15, -0.1) is 0 Å². The highest BCUT2D eigenvalue weighted by atomic mass is 16.5. The van der Waals surface area contributed by atoms with Gasteiger partial charge in [0, 0.05) is 19.1 Å². The number of ether oxygens (including phenoxy) is 1. The number of amides is 2. The molecule has 3 rings (SSSR count). The SMILES string of the molecule is Cc1ccc(OCc2nc(C3CN(C(=O)NC(C)C)C3)no2)cc1. The second kappa shape index (κ2) is 6.90. The lowest BCUT2D eigenvalue weighted by Gasteiger charge is -2.37. The molecule has 7 heteroatoms. The number of aromatic nitrogens is 2. The number of nitrogens with one attached hydrogen (secondary N) is 1. The van der Waals surface area contributed by atoms with E-state index in [1.165, 1.54) is 5.56 Å². The van der Waals surface area contributed by atoms with Gasteiger partial charge in [0.25, 0.3) is 5.89 Å². The fraction of sp³-hybridized carbons (Fsp3) is 0.471. The van der Waals surface area contributed by atoms with Crippen molar-refractivity contribution in [2.24, 2.45) is 0 Å². The van der Waals surface area contributed by atoms with Gasteiger partial charge in [-0.3, -0.25) is 0 Å². The first-order valence-corrected chi connectivity index (χ1v) is 8.08. The summed E-state index contributed by atoms with van der Waals surface area (Å²) in [6, 6.07) is 7.87. The predicted octanol–water partition coefficient (Wildman–Crippen LogP) is 2.47. The minimum atomic E-state index is -0.0485. The Hall–Kier alpha value is -2.57. The minimum absolute atomic E-state index is 0.0485. The maximum Gasteiger partial charge on any atom is 0.317 e. The van der Waals surface area contributed by atoms with E-state index in [-0.39, 0.29) is 24.6 Å². The molecule has 0 unspecified atom stereocenters. The molecule has 2 aromatic rings. The van der Waals surface area contributed by atoms with E-state index in [0.717, 1.165) is 5.75 Å². The molecule has 2 heterocycles. The van der Waals surface area contributed by atoms with Crippen molar-refractivity contribution >= 4 is 6.03 Å². The molecule has 0 atom stereocenters. The number of hydrogen-bond donors (Lipinski definition) is 1. The summed E-state index contributed by atoms with van der Waals surface area (Å²) in [7, 11) is 0. The van der Waals surface area contributed by atoms with Gasteiger partial charge in [-0.1, -0.05) is 22.9 Å². The minimum Gasteiger partial charge on any atom is -0.484 e. The van der Waals surface area contributed by atoms with Crippen LogP contribution in [0, 0.1) is 6.92 Å². The topological polar surface area (TPSA) is 80.5 Å². The third-order valence-electron chi connectivity index (χ3n) is 3.81. The maximum absolute atomic E-state index is 11.8. The highest BCUT2D eigenvalue weighted by Crippen LogP contribution is 2.25. The molecule has 24 heavy (non-hydrogen) atoms. The first-order chi connectivity index (χ1) is 11.5. The Kier molecular flexibility index (Phi) is 4.69. The van der Waals surface area contributed by atoms with Gasteiger partial charge in [0.1, 0.15) is 5.75 Å². The number of carbonyl (C=O) groups is 1. The molecule has 1 aliphatic rings. The lowest BCUT2D eigenvalue weighted by atomic mass is 10.0. The van der Waals surface area contributed by atoms with Crippen LogP contribution in [0.1, 0.15) is 37.0 Å². The van der Waals surface area contributed by atoms with Crippen molar-refractivity contribution in [1.82, 2.24) is 20.4 Å². The average molecular weight is 330 g/mol. The van der Waals surface area contributed by atoms with Crippen LogP contribution in [-0.4, -0.2) is 40.2 Å². The predicted molar refractivity (Wildman–Crippen MR) is 87.8 cm³/mol. The zero-order chi connectivity index (χ0) is 17.1. The average Bonchev–Trinajstić information content (AvgIpc) is 2.93. The largest absolute Gasteiger partial charge is 0.484 e. The number of aryl methyl sites for hydroxylation is 1. The number of nitrogens with zero attached hydrogens (tertiary/aromatic N) is 3. The van der Waals surface area contributed by atoms with Crippen LogP contribution in [0.3, 0.4) is 0 Å². The smallest absolute Gasteiger partial charge is 0.317 e. The molecule has 0 spiro atoms. The summed E-state index contributed by atoms with van der Waals surface area (Å²) in [6.45, 7) is 7.35. The van der Waals surface area contributed by atoms with Crippen molar-refractivity contribution in [2.45, 2.75) is 39.3 Å². The molecule has 1 aliphatic heterocycles. The Labute approximate surface area is 141 Å². The van der Waals surface area contributed by atoms with Crippen LogP contribution >= 0.6 is 0 Å². The van der Waals surface area contributed by atoms with Crippen LogP contribution in [0.5, 0.6) is 5.75 Å². The molecular formula is C17H22N4O3. The summed E-state index contributed by atoms with van der Waals surface area (Å²) in [5.41, 5.74) is 1.18. The molecule has 0 radical (unpaired) electrons. The number of urea groups is 1. The normalized spacial score (nSPS) is 14.6. The summed E-state index contributed by atoms with van der Waals surface area (Å²) in [4.78, 5) is 17.9.